The summed E-state index contributed by atoms with van der Waals surface area (Å²) in [6.07, 6.45) is 0. The largest absolute Gasteiger partial charge is 0.466 e. The molecule has 0 unspecified atom stereocenters. The minimum absolute atomic E-state index is 0.202. The number of carbonyl (C=O) groups is 2. The van der Waals surface area contributed by atoms with Crippen LogP contribution in [0.15, 0.2) is 22.6 Å². The van der Waals surface area contributed by atoms with Crippen molar-refractivity contribution in [3.05, 3.63) is 57.5 Å². The monoisotopic (exact) mass is 300 g/mol. The van der Waals surface area contributed by atoms with Crippen LogP contribution in [-0.2, 0) is 4.74 Å². The first-order valence-corrected chi connectivity index (χ1v) is 7.14. The minimum Gasteiger partial charge on any atom is -0.466 e. The quantitative estimate of drug-likeness (QED) is 0.635. The zero-order valence-electron chi connectivity index (χ0n) is 13.6. The van der Waals surface area contributed by atoms with E-state index in [0.717, 1.165) is 16.7 Å². The first-order valence-electron chi connectivity index (χ1n) is 7.14. The molecule has 4 heteroatoms. The van der Waals surface area contributed by atoms with Crippen molar-refractivity contribution >= 4 is 11.8 Å². The van der Waals surface area contributed by atoms with Crippen molar-refractivity contribution in [1.29, 1.82) is 0 Å². The highest BCUT2D eigenvalue weighted by atomic mass is 16.5. The average Bonchev–Trinajstić information content (AvgIpc) is 2.78. The number of ketones is 1. The maximum absolute atomic E-state index is 12.3. The molecule has 1 heterocycles. The van der Waals surface area contributed by atoms with Crippen LogP contribution in [-0.4, -0.2) is 18.4 Å². The molecular weight excluding hydrogens is 280 g/mol. The van der Waals surface area contributed by atoms with Crippen LogP contribution in [0.25, 0.3) is 0 Å². The number of aryl methyl sites for hydroxylation is 5. The van der Waals surface area contributed by atoms with Crippen molar-refractivity contribution in [2.45, 2.75) is 34.6 Å². The number of ether oxygens (including phenoxy) is 1. The lowest BCUT2D eigenvalue weighted by atomic mass is 9.98. The van der Waals surface area contributed by atoms with Gasteiger partial charge in [-0.25, -0.2) is 4.79 Å². The van der Waals surface area contributed by atoms with E-state index in [2.05, 4.69) is 0 Å². The predicted octanol–water partition coefficient (Wildman–Crippen LogP) is 3.86. The Morgan fingerprint density at radius 3 is 2.14 bits per heavy atom. The van der Waals surface area contributed by atoms with E-state index >= 15 is 0 Å². The van der Waals surface area contributed by atoms with Gasteiger partial charge in [-0.15, -0.1) is 0 Å². The lowest BCUT2D eigenvalue weighted by Crippen LogP contribution is -2.15. The number of esters is 1. The van der Waals surface area contributed by atoms with Gasteiger partial charge < -0.3 is 9.15 Å². The molecule has 0 atom stereocenters. The van der Waals surface area contributed by atoms with Crippen LogP contribution >= 0.6 is 0 Å². The standard InChI is InChI=1S/C18H20O4/c1-10-6-12(3)15(7-11(10)2)17(19)9-21-18(20)16-8-13(4)22-14(16)5/h6-8H,9H2,1-5H3. The average molecular weight is 300 g/mol. The molecule has 0 amide bonds. The van der Waals surface area contributed by atoms with Gasteiger partial charge in [0.25, 0.3) is 0 Å². The van der Waals surface area contributed by atoms with Gasteiger partial charge in [-0.1, -0.05) is 6.07 Å². The third kappa shape index (κ3) is 3.27. The molecule has 4 nitrogen and oxygen atoms in total. The fourth-order valence-electron chi connectivity index (χ4n) is 2.38. The van der Waals surface area contributed by atoms with Crippen molar-refractivity contribution < 1.29 is 18.7 Å². The van der Waals surface area contributed by atoms with Gasteiger partial charge in [0.1, 0.15) is 17.1 Å². The number of furan rings is 1. The summed E-state index contributed by atoms with van der Waals surface area (Å²) in [4.78, 5) is 24.2. The van der Waals surface area contributed by atoms with Gasteiger partial charge in [-0.3, -0.25) is 4.79 Å². The minimum atomic E-state index is -0.538. The summed E-state index contributed by atoms with van der Waals surface area (Å²) in [6, 6.07) is 5.42. The molecule has 116 valence electrons. The maximum Gasteiger partial charge on any atom is 0.342 e. The molecule has 0 aliphatic heterocycles. The number of benzene rings is 1. The second-order valence-corrected chi connectivity index (χ2v) is 5.58. The summed E-state index contributed by atoms with van der Waals surface area (Å²) in [7, 11) is 0. The van der Waals surface area contributed by atoms with Gasteiger partial charge in [0.2, 0.25) is 5.78 Å². The Bertz CT molecular complexity index is 738. The highest BCUT2D eigenvalue weighted by Crippen LogP contribution is 2.17. The Labute approximate surface area is 130 Å². The molecule has 0 saturated heterocycles. The van der Waals surface area contributed by atoms with Crippen molar-refractivity contribution in [3.63, 3.8) is 0 Å². The van der Waals surface area contributed by atoms with Crippen LogP contribution in [0, 0.1) is 34.6 Å². The molecule has 0 bridgehead atoms. The summed E-state index contributed by atoms with van der Waals surface area (Å²) in [6.45, 7) is 9.01. The number of rotatable bonds is 4. The topological polar surface area (TPSA) is 56.5 Å². The highest BCUT2D eigenvalue weighted by Gasteiger charge is 2.18. The van der Waals surface area contributed by atoms with E-state index in [1.54, 1.807) is 19.9 Å². The zero-order chi connectivity index (χ0) is 16.4. The van der Waals surface area contributed by atoms with E-state index in [-0.39, 0.29) is 12.4 Å². The summed E-state index contributed by atoms with van der Waals surface area (Å²) >= 11 is 0. The Morgan fingerprint density at radius 1 is 0.909 bits per heavy atom. The van der Waals surface area contributed by atoms with Crippen LogP contribution in [0.3, 0.4) is 0 Å². The smallest absolute Gasteiger partial charge is 0.342 e. The van der Waals surface area contributed by atoms with E-state index in [4.69, 9.17) is 9.15 Å². The molecule has 2 rings (SSSR count). The van der Waals surface area contributed by atoms with Gasteiger partial charge in [-0.2, -0.15) is 0 Å². The Kier molecular flexibility index (Phi) is 4.50. The number of hydrogen-bond acceptors (Lipinski definition) is 4. The predicted molar refractivity (Wildman–Crippen MR) is 83.4 cm³/mol. The summed E-state index contributed by atoms with van der Waals surface area (Å²) < 4.78 is 10.4. The van der Waals surface area contributed by atoms with Crippen LogP contribution in [0.1, 0.15) is 48.9 Å². The summed E-state index contributed by atoms with van der Waals surface area (Å²) in [5.74, 6) is 0.397. The van der Waals surface area contributed by atoms with E-state index in [0.29, 0.717) is 22.6 Å². The molecule has 1 aromatic heterocycles. The normalized spacial score (nSPS) is 10.6. The molecular formula is C18H20O4. The zero-order valence-corrected chi connectivity index (χ0v) is 13.6. The molecule has 0 fully saturated rings. The van der Waals surface area contributed by atoms with E-state index in [1.807, 2.05) is 32.9 Å². The summed E-state index contributed by atoms with van der Waals surface area (Å²) in [5.41, 5.74) is 4.02. The molecule has 0 radical (unpaired) electrons. The van der Waals surface area contributed by atoms with Crippen molar-refractivity contribution in [2.24, 2.45) is 0 Å². The summed E-state index contributed by atoms with van der Waals surface area (Å²) in [5, 5.41) is 0. The molecule has 1 aromatic carbocycles. The van der Waals surface area contributed by atoms with Crippen LogP contribution in [0.5, 0.6) is 0 Å². The molecule has 22 heavy (non-hydrogen) atoms. The second kappa shape index (κ2) is 6.18. The fraction of sp³-hybridized carbons (Fsp3) is 0.333. The van der Waals surface area contributed by atoms with E-state index in [9.17, 15) is 9.59 Å². The van der Waals surface area contributed by atoms with Gasteiger partial charge in [0, 0.05) is 5.56 Å². The molecule has 0 aliphatic rings. The molecule has 0 saturated carbocycles. The molecule has 0 N–H and O–H groups in total. The van der Waals surface area contributed by atoms with Gasteiger partial charge >= 0.3 is 5.97 Å². The van der Waals surface area contributed by atoms with Crippen molar-refractivity contribution in [1.82, 2.24) is 0 Å². The van der Waals surface area contributed by atoms with Gasteiger partial charge in [0.15, 0.2) is 6.61 Å². The third-order valence-electron chi connectivity index (χ3n) is 3.74. The van der Waals surface area contributed by atoms with Crippen LogP contribution in [0.2, 0.25) is 0 Å². The number of carbonyl (C=O) groups excluding carboxylic acids is 2. The SMILES string of the molecule is Cc1cc(C(=O)OCC(=O)c2cc(C)c(C)cc2C)c(C)o1. The molecule has 2 aromatic rings. The van der Waals surface area contributed by atoms with Gasteiger partial charge in [0.05, 0.1) is 0 Å². The van der Waals surface area contributed by atoms with Crippen molar-refractivity contribution in [2.75, 3.05) is 6.61 Å². The lowest BCUT2D eigenvalue weighted by molar-refractivity contribution is 0.0472. The molecule has 0 spiro atoms. The number of Topliss-reactive ketones (excluding diaryl/α,β-unsaturated/α-hetero) is 1. The van der Waals surface area contributed by atoms with E-state index < -0.39 is 5.97 Å². The first kappa shape index (κ1) is 16.0. The Balaban J connectivity index is 2.09. The highest BCUT2D eigenvalue weighted by molar-refractivity contribution is 6.00. The van der Waals surface area contributed by atoms with Crippen LogP contribution < -0.4 is 0 Å². The third-order valence-corrected chi connectivity index (χ3v) is 3.74. The number of hydrogen-bond donors (Lipinski definition) is 0. The second-order valence-electron chi connectivity index (χ2n) is 5.58. The van der Waals surface area contributed by atoms with Crippen molar-refractivity contribution in [3.8, 4) is 0 Å². The first-order chi connectivity index (χ1) is 10.3. The van der Waals surface area contributed by atoms with Crippen LogP contribution in [0.4, 0.5) is 0 Å². The van der Waals surface area contributed by atoms with E-state index in [1.165, 1.54) is 0 Å². The maximum atomic E-state index is 12.3. The Hall–Kier alpha value is -2.36. The molecule has 0 aliphatic carbocycles. The Morgan fingerprint density at radius 2 is 1.55 bits per heavy atom. The fourth-order valence-corrected chi connectivity index (χ4v) is 2.38. The van der Waals surface area contributed by atoms with Gasteiger partial charge in [-0.05, 0) is 63.4 Å². The lowest BCUT2D eigenvalue weighted by Gasteiger charge is -2.09.